The molecule has 5 nitrogen and oxygen atoms in total. The van der Waals surface area contributed by atoms with Crippen LogP contribution in [0.15, 0.2) is 107 Å². The predicted molar refractivity (Wildman–Crippen MR) is 146 cm³/mol. The van der Waals surface area contributed by atoms with Crippen molar-refractivity contribution in [2.75, 3.05) is 17.3 Å². The normalized spacial score (nSPS) is 19.1. The Morgan fingerprint density at radius 3 is 2.49 bits per heavy atom. The number of hydrogen-bond acceptors (Lipinski definition) is 5. The number of anilines is 2. The molecule has 0 bridgehead atoms. The summed E-state index contributed by atoms with van der Waals surface area (Å²) < 4.78 is 11.1. The monoisotopic (exact) mass is 510 g/mol. The summed E-state index contributed by atoms with van der Waals surface area (Å²) in [6.45, 7) is 0.613. The Labute approximate surface area is 221 Å². The molecule has 186 valence electrons. The zero-order valence-corrected chi connectivity index (χ0v) is 21.2. The minimum atomic E-state index is -0.282. The molecule has 0 saturated carbocycles. The third kappa shape index (κ3) is 4.51. The third-order valence-electron chi connectivity index (χ3n) is 7.24. The highest BCUT2D eigenvalue weighted by atomic mass is 35.5. The number of rotatable bonds is 5. The van der Waals surface area contributed by atoms with E-state index in [4.69, 9.17) is 20.8 Å². The first-order chi connectivity index (χ1) is 18.1. The highest BCUT2D eigenvalue weighted by Crippen LogP contribution is 2.48. The van der Waals surface area contributed by atoms with Gasteiger partial charge in [0.05, 0.1) is 30.8 Å². The minimum absolute atomic E-state index is 0.0000757. The van der Waals surface area contributed by atoms with E-state index >= 15 is 0 Å². The number of fused-ring (bicyclic) bond motifs is 1. The van der Waals surface area contributed by atoms with E-state index in [9.17, 15) is 4.79 Å². The standard InChI is InChI=1S/C31H27ClN2O3/c1-36-24-14-8-20(9-15-24)19-34-27-6-3-2-5-25(27)33-26-17-22(29-7-4-16-37-29)18-28(35)30(26)31(34)21-10-12-23(32)13-11-21/h2-16,22,31,33H,17-19H2,1H3/t22-,31+/m0/s1. The van der Waals surface area contributed by atoms with Gasteiger partial charge >= 0.3 is 0 Å². The quantitative estimate of drug-likeness (QED) is 0.301. The topological polar surface area (TPSA) is 54.7 Å². The summed E-state index contributed by atoms with van der Waals surface area (Å²) >= 11 is 6.27. The number of benzene rings is 3. The van der Waals surface area contributed by atoms with Crippen molar-refractivity contribution in [1.82, 2.24) is 0 Å². The van der Waals surface area contributed by atoms with Crippen molar-refractivity contribution in [3.8, 4) is 5.75 Å². The molecule has 1 aliphatic carbocycles. The second-order valence-electron chi connectivity index (χ2n) is 9.51. The van der Waals surface area contributed by atoms with Crippen LogP contribution in [0.3, 0.4) is 0 Å². The second-order valence-corrected chi connectivity index (χ2v) is 9.94. The summed E-state index contributed by atoms with van der Waals surface area (Å²) in [5, 5.41) is 4.32. The van der Waals surface area contributed by atoms with Crippen molar-refractivity contribution in [3.05, 3.63) is 124 Å². The average Bonchev–Trinajstić information content (AvgIpc) is 3.42. The van der Waals surface area contributed by atoms with Crippen molar-refractivity contribution in [3.63, 3.8) is 0 Å². The average molecular weight is 511 g/mol. The number of carbonyl (C=O) groups excluding carboxylic acids is 1. The van der Waals surface area contributed by atoms with Gasteiger partial charge in [0.25, 0.3) is 0 Å². The molecule has 1 N–H and O–H groups in total. The molecule has 6 heteroatoms. The molecule has 6 rings (SSSR count). The highest BCUT2D eigenvalue weighted by Gasteiger charge is 2.40. The maximum Gasteiger partial charge on any atom is 0.163 e. The van der Waals surface area contributed by atoms with E-state index in [1.807, 2.05) is 60.7 Å². The smallest absolute Gasteiger partial charge is 0.163 e. The van der Waals surface area contributed by atoms with Crippen molar-refractivity contribution in [1.29, 1.82) is 0 Å². The lowest BCUT2D eigenvalue weighted by Gasteiger charge is -2.36. The summed E-state index contributed by atoms with van der Waals surface area (Å²) in [7, 11) is 1.67. The number of Topliss-reactive ketones (excluding diaryl/α,β-unsaturated/α-hetero) is 1. The summed E-state index contributed by atoms with van der Waals surface area (Å²) in [6, 6.07) is 27.7. The molecule has 0 saturated heterocycles. The second kappa shape index (κ2) is 9.83. The van der Waals surface area contributed by atoms with Crippen LogP contribution in [-0.4, -0.2) is 12.9 Å². The largest absolute Gasteiger partial charge is 0.497 e. The van der Waals surface area contributed by atoms with Crippen LogP contribution in [0.25, 0.3) is 0 Å². The molecule has 4 aromatic rings. The molecule has 37 heavy (non-hydrogen) atoms. The number of allylic oxidation sites excluding steroid dienone is 1. The molecule has 2 aliphatic rings. The first-order valence-electron chi connectivity index (χ1n) is 12.4. The maximum atomic E-state index is 14.0. The summed E-state index contributed by atoms with van der Waals surface area (Å²) in [5.74, 6) is 1.78. The lowest BCUT2D eigenvalue weighted by Crippen LogP contribution is -2.34. The Balaban J connectivity index is 1.51. The first-order valence-corrected chi connectivity index (χ1v) is 12.8. The van der Waals surface area contributed by atoms with Gasteiger partial charge in [0.15, 0.2) is 5.78 Å². The van der Waals surface area contributed by atoms with Gasteiger partial charge in [0.1, 0.15) is 11.5 Å². The van der Waals surface area contributed by atoms with E-state index in [1.165, 1.54) is 0 Å². The van der Waals surface area contributed by atoms with E-state index in [-0.39, 0.29) is 17.7 Å². The van der Waals surface area contributed by atoms with Crippen LogP contribution in [0.2, 0.25) is 5.02 Å². The number of carbonyl (C=O) groups is 1. The lowest BCUT2D eigenvalue weighted by molar-refractivity contribution is -0.116. The summed E-state index contributed by atoms with van der Waals surface area (Å²) in [4.78, 5) is 16.3. The Kier molecular flexibility index (Phi) is 6.23. The van der Waals surface area contributed by atoms with Gasteiger partial charge in [-0.05, 0) is 66.1 Å². The van der Waals surface area contributed by atoms with Gasteiger partial charge in [-0.1, -0.05) is 48.0 Å². The van der Waals surface area contributed by atoms with Crippen LogP contribution in [-0.2, 0) is 11.3 Å². The van der Waals surface area contributed by atoms with Gasteiger partial charge < -0.3 is 19.4 Å². The van der Waals surface area contributed by atoms with Crippen LogP contribution in [0, 0.1) is 0 Å². The fraction of sp³-hybridized carbons (Fsp3) is 0.194. The zero-order chi connectivity index (χ0) is 25.4. The molecular weight excluding hydrogens is 484 g/mol. The number of ether oxygens (including phenoxy) is 1. The molecule has 0 spiro atoms. The van der Waals surface area contributed by atoms with Crippen molar-refractivity contribution in [2.45, 2.75) is 31.3 Å². The number of para-hydroxylation sites is 2. The van der Waals surface area contributed by atoms with Gasteiger partial charge in [0.2, 0.25) is 0 Å². The Hall–Kier alpha value is -3.96. The minimum Gasteiger partial charge on any atom is -0.497 e. The summed E-state index contributed by atoms with van der Waals surface area (Å²) in [5.41, 5.74) is 5.91. The lowest BCUT2D eigenvalue weighted by atomic mass is 9.80. The maximum absolute atomic E-state index is 14.0. The molecule has 2 atom stereocenters. The van der Waals surface area contributed by atoms with E-state index in [1.54, 1.807) is 13.4 Å². The van der Waals surface area contributed by atoms with E-state index < -0.39 is 0 Å². The SMILES string of the molecule is COc1ccc(CN2c3ccccc3NC3=C(C(=O)C[C@@H](c4ccco4)C3)[C@H]2c2ccc(Cl)cc2)cc1. The van der Waals surface area contributed by atoms with Gasteiger partial charge in [-0.2, -0.15) is 0 Å². The molecule has 0 radical (unpaired) electrons. The zero-order valence-electron chi connectivity index (χ0n) is 20.5. The van der Waals surface area contributed by atoms with Crippen molar-refractivity contribution < 1.29 is 13.9 Å². The molecule has 2 heterocycles. The first kappa shape index (κ1) is 23.4. The van der Waals surface area contributed by atoms with Crippen LogP contribution < -0.4 is 15.0 Å². The number of furan rings is 1. The Morgan fingerprint density at radius 2 is 1.76 bits per heavy atom. The fourth-order valence-electron chi connectivity index (χ4n) is 5.47. The van der Waals surface area contributed by atoms with Crippen LogP contribution >= 0.6 is 11.6 Å². The number of hydrogen-bond donors (Lipinski definition) is 1. The number of nitrogens with one attached hydrogen (secondary N) is 1. The number of ketones is 1. The van der Waals surface area contributed by atoms with Crippen LogP contribution in [0.5, 0.6) is 5.75 Å². The molecule has 1 aromatic heterocycles. The van der Waals surface area contributed by atoms with Gasteiger partial charge in [-0.3, -0.25) is 4.79 Å². The van der Waals surface area contributed by atoms with Gasteiger partial charge in [-0.25, -0.2) is 0 Å². The highest BCUT2D eigenvalue weighted by molar-refractivity contribution is 6.30. The number of nitrogens with zero attached hydrogens (tertiary/aromatic N) is 1. The van der Waals surface area contributed by atoms with Gasteiger partial charge in [0, 0.05) is 35.2 Å². The molecule has 0 unspecified atom stereocenters. The van der Waals surface area contributed by atoms with E-state index in [0.717, 1.165) is 45.3 Å². The molecule has 0 fully saturated rings. The van der Waals surface area contributed by atoms with E-state index in [2.05, 4.69) is 34.5 Å². The Bertz CT molecular complexity index is 1440. The van der Waals surface area contributed by atoms with Crippen molar-refractivity contribution >= 4 is 28.8 Å². The molecule has 3 aromatic carbocycles. The molecule has 0 amide bonds. The summed E-state index contributed by atoms with van der Waals surface area (Å²) in [6.07, 6.45) is 2.78. The Morgan fingerprint density at radius 1 is 0.973 bits per heavy atom. The van der Waals surface area contributed by atoms with Crippen molar-refractivity contribution in [2.24, 2.45) is 0 Å². The number of methoxy groups -OCH3 is 1. The third-order valence-corrected chi connectivity index (χ3v) is 7.49. The number of halogens is 1. The van der Waals surface area contributed by atoms with Crippen LogP contribution in [0.4, 0.5) is 11.4 Å². The van der Waals surface area contributed by atoms with E-state index in [0.29, 0.717) is 24.4 Å². The molecule has 1 aliphatic heterocycles. The molecular formula is C31H27ClN2O3. The predicted octanol–water partition coefficient (Wildman–Crippen LogP) is 7.52. The fourth-order valence-corrected chi connectivity index (χ4v) is 5.60. The van der Waals surface area contributed by atoms with Gasteiger partial charge in [-0.15, -0.1) is 0 Å². The van der Waals surface area contributed by atoms with Crippen LogP contribution in [0.1, 0.15) is 41.7 Å².